The van der Waals surface area contributed by atoms with Gasteiger partial charge < -0.3 is 15.2 Å². The molecular weight excluding hydrogens is 388 g/mol. The second kappa shape index (κ2) is 9.26. The van der Waals surface area contributed by atoms with E-state index in [1.165, 1.54) is 0 Å². The lowest BCUT2D eigenvalue weighted by atomic mass is 10.1. The van der Waals surface area contributed by atoms with Crippen molar-refractivity contribution in [2.45, 2.75) is 26.6 Å². The molecular formula is C25H24N4O2. The Hall–Kier alpha value is -3.93. The Kier molecular flexibility index (Phi) is 6.08. The minimum Gasteiger partial charge on any atom is -0.334 e. The van der Waals surface area contributed by atoms with Gasteiger partial charge in [0.2, 0.25) is 0 Å². The van der Waals surface area contributed by atoms with Crippen LogP contribution < -0.4 is 10.9 Å². The minimum absolute atomic E-state index is 0.189. The smallest absolute Gasteiger partial charge is 0.318 e. The van der Waals surface area contributed by atoms with Gasteiger partial charge in [-0.05, 0) is 47.2 Å². The number of pyridine rings is 2. The lowest BCUT2D eigenvalue weighted by Crippen LogP contribution is -2.39. The van der Waals surface area contributed by atoms with Crippen molar-refractivity contribution in [3.63, 3.8) is 0 Å². The summed E-state index contributed by atoms with van der Waals surface area (Å²) in [5.41, 5.74) is 4.12. The Bertz CT molecular complexity index is 1240. The number of nitrogens with one attached hydrogen (secondary N) is 2. The van der Waals surface area contributed by atoms with Gasteiger partial charge in [0.15, 0.2) is 0 Å². The van der Waals surface area contributed by atoms with Gasteiger partial charge in [0, 0.05) is 36.6 Å². The molecule has 0 atom stereocenters. The number of nitrogens with zero attached hydrogens (tertiary/aromatic N) is 2. The summed E-state index contributed by atoms with van der Waals surface area (Å²) in [6.45, 7) is 2.93. The molecule has 4 aromatic rings. The molecule has 0 radical (unpaired) electrons. The van der Waals surface area contributed by atoms with Gasteiger partial charge in [-0.1, -0.05) is 48.5 Å². The van der Waals surface area contributed by atoms with Crippen LogP contribution in [0, 0.1) is 6.92 Å². The maximum absolute atomic E-state index is 13.0. The molecule has 2 heterocycles. The van der Waals surface area contributed by atoms with Gasteiger partial charge >= 0.3 is 6.03 Å². The minimum atomic E-state index is -0.240. The SMILES string of the molecule is Cc1ccc2cc(CN(Cc3cccnc3)C(=O)NCc3ccccc3)c(=O)[nH]c2c1. The lowest BCUT2D eigenvalue weighted by molar-refractivity contribution is 0.191. The van der Waals surface area contributed by atoms with Gasteiger partial charge in [0.1, 0.15) is 0 Å². The number of urea groups is 1. The van der Waals surface area contributed by atoms with Gasteiger partial charge in [0.25, 0.3) is 5.56 Å². The average molecular weight is 412 g/mol. The first-order valence-electron chi connectivity index (χ1n) is 10.2. The van der Waals surface area contributed by atoms with E-state index in [0.717, 1.165) is 27.6 Å². The quantitative estimate of drug-likeness (QED) is 0.500. The molecule has 0 unspecified atom stereocenters. The van der Waals surface area contributed by atoms with Crippen LogP contribution in [0.15, 0.2) is 83.9 Å². The molecule has 0 aliphatic carbocycles. The van der Waals surface area contributed by atoms with Crippen molar-refractivity contribution >= 4 is 16.9 Å². The molecule has 2 aromatic heterocycles. The van der Waals surface area contributed by atoms with Crippen LogP contribution in [0.1, 0.15) is 22.3 Å². The number of aromatic nitrogens is 2. The second-order valence-electron chi connectivity index (χ2n) is 7.58. The van der Waals surface area contributed by atoms with E-state index < -0.39 is 0 Å². The number of amides is 2. The van der Waals surface area contributed by atoms with E-state index in [4.69, 9.17) is 0 Å². The molecule has 2 aromatic carbocycles. The third kappa shape index (κ3) is 5.17. The Morgan fingerprint density at radius 2 is 1.81 bits per heavy atom. The first-order valence-corrected chi connectivity index (χ1v) is 10.2. The summed E-state index contributed by atoms with van der Waals surface area (Å²) in [6, 6.07) is 21.0. The summed E-state index contributed by atoms with van der Waals surface area (Å²) in [4.78, 5) is 34.4. The maximum Gasteiger partial charge on any atom is 0.318 e. The topological polar surface area (TPSA) is 78.1 Å². The molecule has 0 bridgehead atoms. The number of H-pyrrole nitrogens is 1. The number of hydrogen-bond acceptors (Lipinski definition) is 3. The van der Waals surface area contributed by atoms with Crippen molar-refractivity contribution in [3.8, 4) is 0 Å². The second-order valence-corrected chi connectivity index (χ2v) is 7.58. The van der Waals surface area contributed by atoms with E-state index >= 15 is 0 Å². The highest BCUT2D eigenvalue weighted by Gasteiger charge is 2.17. The average Bonchev–Trinajstić information content (AvgIpc) is 2.79. The molecule has 0 saturated heterocycles. The van der Waals surface area contributed by atoms with E-state index in [1.807, 2.05) is 73.7 Å². The van der Waals surface area contributed by atoms with Crippen molar-refractivity contribution < 1.29 is 4.79 Å². The highest BCUT2D eigenvalue weighted by atomic mass is 16.2. The molecule has 0 saturated carbocycles. The highest BCUT2D eigenvalue weighted by Crippen LogP contribution is 2.15. The summed E-state index contributed by atoms with van der Waals surface area (Å²) >= 11 is 0. The van der Waals surface area contributed by atoms with Crippen molar-refractivity contribution in [2.24, 2.45) is 0 Å². The molecule has 0 aliphatic rings. The Labute approximate surface area is 180 Å². The van der Waals surface area contributed by atoms with Crippen LogP contribution in [0.4, 0.5) is 4.79 Å². The molecule has 156 valence electrons. The van der Waals surface area contributed by atoms with Gasteiger partial charge in [-0.3, -0.25) is 9.78 Å². The molecule has 4 rings (SSSR count). The number of carbonyl (C=O) groups is 1. The van der Waals surface area contributed by atoms with Crippen LogP contribution in [0.3, 0.4) is 0 Å². The summed E-state index contributed by atoms with van der Waals surface area (Å²) < 4.78 is 0. The number of aromatic amines is 1. The third-order valence-corrected chi connectivity index (χ3v) is 5.11. The van der Waals surface area contributed by atoms with Gasteiger partial charge in [0.05, 0.1) is 6.54 Å². The predicted octanol–water partition coefficient (Wildman–Crippen LogP) is 4.14. The maximum atomic E-state index is 13.0. The van der Waals surface area contributed by atoms with E-state index in [9.17, 15) is 9.59 Å². The van der Waals surface area contributed by atoms with Gasteiger partial charge in [-0.2, -0.15) is 0 Å². The monoisotopic (exact) mass is 412 g/mol. The standard InChI is InChI=1S/C25H24N4O2/c1-18-9-10-21-13-22(24(30)28-23(21)12-18)17-29(16-20-8-5-11-26-14-20)25(31)27-15-19-6-3-2-4-7-19/h2-14H,15-17H2,1H3,(H,27,31)(H,28,30). The molecule has 2 N–H and O–H groups in total. The Balaban J connectivity index is 1.58. The molecule has 2 amide bonds. The molecule has 0 fully saturated rings. The van der Waals surface area contributed by atoms with Crippen LogP contribution in [-0.2, 0) is 19.6 Å². The summed E-state index contributed by atoms with van der Waals surface area (Å²) in [7, 11) is 0. The number of rotatable bonds is 6. The summed E-state index contributed by atoms with van der Waals surface area (Å²) in [6.07, 6.45) is 3.42. The van der Waals surface area contributed by atoms with Crippen molar-refractivity contribution in [2.75, 3.05) is 0 Å². The normalized spacial score (nSPS) is 10.7. The predicted molar refractivity (Wildman–Crippen MR) is 121 cm³/mol. The van der Waals surface area contributed by atoms with Crippen molar-refractivity contribution in [1.82, 2.24) is 20.2 Å². The van der Waals surface area contributed by atoms with Crippen molar-refractivity contribution in [1.29, 1.82) is 0 Å². The molecule has 31 heavy (non-hydrogen) atoms. The zero-order valence-corrected chi connectivity index (χ0v) is 17.3. The van der Waals surface area contributed by atoms with Crippen LogP contribution in [0.25, 0.3) is 10.9 Å². The van der Waals surface area contributed by atoms with Crippen LogP contribution >= 0.6 is 0 Å². The Morgan fingerprint density at radius 1 is 1.00 bits per heavy atom. The van der Waals surface area contributed by atoms with E-state index in [-0.39, 0.29) is 18.1 Å². The number of hydrogen-bond donors (Lipinski definition) is 2. The first kappa shape index (κ1) is 20.3. The Morgan fingerprint density at radius 3 is 2.58 bits per heavy atom. The van der Waals surface area contributed by atoms with Crippen LogP contribution in [-0.4, -0.2) is 20.9 Å². The van der Waals surface area contributed by atoms with Gasteiger partial charge in [-0.25, -0.2) is 4.79 Å². The first-order chi connectivity index (χ1) is 15.1. The third-order valence-electron chi connectivity index (χ3n) is 5.11. The lowest BCUT2D eigenvalue weighted by Gasteiger charge is -2.23. The van der Waals surface area contributed by atoms with Gasteiger partial charge in [-0.15, -0.1) is 0 Å². The zero-order chi connectivity index (χ0) is 21.6. The van der Waals surface area contributed by atoms with Crippen molar-refractivity contribution in [3.05, 3.63) is 112 Å². The van der Waals surface area contributed by atoms with Crippen LogP contribution in [0.2, 0.25) is 0 Å². The molecule has 6 nitrogen and oxygen atoms in total. The fourth-order valence-corrected chi connectivity index (χ4v) is 3.48. The fourth-order valence-electron chi connectivity index (χ4n) is 3.48. The number of carbonyl (C=O) groups excluding carboxylic acids is 1. The molecule has 6 heteroatoms. The summed E-state index contributed by atoms with van der Waals surface area (Å²) in [5.74, 6) is 0. The molecule has 0 aliphatic heterocycles. The highest BCUT2D eigenvalue weighted by molar-refractivity contribution is 5.80. The van der Waals surface area contributed by atoms with E-state index in [1.54, 1.807) is 17.3 Å². The number of aryl methyl sites for hydroxylation is 1. The number of fused-ring (bicyclic) bond motifs is 1. The zero-order valence-electron chi connectivity index (χ0n) is 17.3. The fraction of sp³-hybridized carbons (Fsp3) is 0.160. The van der Waals surface area contributed by atoms with E-state index in [2.05, 4.69) is 15.3 Å². The summed E-state index contributed by atoms with van der Waals surface area (Å²) in [5, 5.41) is 3.89. The van der Waals surface area contributed by atoms with E-state index in [0.29, 0.717) is 18.7 Å². The number of benzene rings is 2. The van der Waals surface area contributed by atoms with Crippen LogP contribution in [0.5, 0.6) is 0 Å². The molecule has 0 spiro atoms. The largest absolute Gasteiger partial charge is 0.334 e.